The van der Waals surface area contributed by atoms with Crippen molar-refractivity contribution in [3.8, 4) is 5.75 Å². The van der Waals surface area contributed by atoms with Crippen LogP contribution in [0.3, 0.4) is 0 Å². The molecule has 1 amide bonds. The first kappa shape index (κ1) is 18.5. The number of thioether (sulfide) groups is 1. The van der Waals surface area contributed by atoms with Crippen molar-refractivity contribution < 1.29 is 9.53 Å². The highest BCUT2D eigenvalue weighted by atomic mass is 35.5. The molecule has 0 radical (unpaired) electrons. The normalized spacial score (nSPS) is 17.3. The van der Waals surface area contributed by atoms with E-state index in [9.17, 15) is 4.79 Å². The first-order valence-corrected chi connectivity index (χ1v) is 9.59. The summed E-state index contributed by atoms with van der Waals surface area (Å²) in [7, 11) is 0. The fourth-order valence-corrected chi connectivity index (χ4v) is 3.73. The van der Waals surface area contributed by atoms with Crippen molar-refractivity contribution in [1.82, 2.24) is 4.90 Å². The van der Waals surface area contributed by atoms with Gasteiger partial charge in [-0.2, -0.15) is 0 Å². The molecule has 0 bridgehead atoms. The van der Waals surface area contributed by atoms with Crippen LogP contribution in [0.2, 0.25) is 5.02 Å². The lowest BCUT2D eigenvalue weighted by Crippen LogP contribution is -2.28. The molecule has 0 atom stereocenters. The second kappa shape index (κ2) is 8.43. The molecule has 2 aromatic carbocycles. The van der Waals surface area contributed by atoms with Gasteiger partial charge in [0.05, 0.1) is 22.2 Å². The molecule has 0 N–H and O–H groups in total. The molecule has 1 saturated heterocycles. The fraction of sp³-hybridized carbons (Fsp3) is 0.200. The van der Waals surface area contributed by atoms with Gasteiger partial charge in [0, 0.05) is 6.54 Å². The number of para-hydroxylation sites is 1. The predicted molar refractivity (Wildman–Crippen MR) is 109 cm³/mol. The van der Waals surface area contributed by atoms with Crippen LogP contribution in [-0.2, 0) is 4.79 Å². The minimum atomic E-state index is -0.0443. The molecule has 1 aliphatic heterocycles. The summed E-state index contributed by atoms with van der Waals surface area (Å²) in [5.41, 5.74) is 1.60. The third-order valence-electron chi connectivity index (χ3n) is 3.76. The molecule has 0 spiro atoms. The molecular weight excluding hydrogens is 368 g/mol. The van der Waals surface area contributed by atoms with Gasteiger partial charge in [-0.05, 0) is 61.5 Å². The van der Waals surface area contributed by atoms with E-state index in [4.69, 9.17) is 16.3 Å². The average Bonchev–Trinajstić information content (AvgIpc) is 2.93. The molecule has 6 heteroatoms. The zero-order valence-corrected chi connectivity index (χ0v) is 16.2. The maximum atomic E-state index is 12.7. The van der Waals surface area contributed by atoms with E-state index in [0.717, 1.165) is 11.3 Å². The molecule has 1 aliphatic rings. The summed E-state index contributed by atoms with van der Waals surface area (Å²) >= 11 is 7.55. The fourth-order valence-electron chi connectivity index (χ4n) is 2.49. The molecule has 134 valence electrons. The third-order valence-corrected chi connectivity index (χ3v) is 5.09. The molecule has 0 saturated carbocycles. The molecule has 1 fully saturated rings. The number of benzene rings is 2. The summed E-state index contributed by atoms with van der Waals surface area (Å²) in [6, 6.07) is 15.0. The maximum absolute atomic E-state index is 12.7. The summed E-state index contributed by atoms with van der Waals surface area (Å²) in [6.07, 6.45) is 1.88. The van der Waals surface area contributed by atoms with Crippen LogP contribution in [0.5, 0.6) is 5.75 Å². The summed E-state index contributed by atoms with van der Waals surface area (Å²) in [6.45, 7) is 5.06. The number of aliphatic imine (C=N–C) groups is 1. The molecule has 26 heavy (non-hydrogen) atoms. The van der Waals surface area contributed by atoms with Gasteiger partial charge >= 0.3 is 0 Å². The second-order valence-corrected chi connectivity index (χ2v) is 6.92. The van der Waals surface area contributed by atoms with Crippen LogP contribution in [0, 0.1) is 0 Å². The summed E-state index contributed by atoms with van der Waals surface area (Å²) < 4.78 is 5.45. The maximum Gasteiger partial charge on any atom is 0.266 e. The Balaban J connectivity index is 1.88. The molecule has 0 aromatic heterocycles. The zero-order valence-electron chi connectivity index (χ0n) is 14.6. The SMILES string of the molecule is CCOc1ccc(/C=C2/SC(=Nc3ccccc3Cl)N(CC)C2=O)cc1. The quantitative estimate of drug-likeness (QED) is 0.649. The van der Waals surface area contributed by atoms with E-state index in [-0.39, 0.29) is 5.91 Å². The monoisotopic (exact) mass is 386 g/mol. The third kappa shape index (κ3) is 4.11. The second-order valence-electron chi connectivity index (χ2n) is 5.51. The Morgan fingerprint density at radius 1 is 1.15 bits per heavy atom. The van der Waals surface area contributed by atoms with Crippen molar-refractivity contribution in [1.29, 1.82) is 0 Å². The number of amidine groups is 1. The highest BCUT2D eigenvalue weighted by Gasteiger charge is 2.32. The lowest BCUT2D eigenvalue weighted by molar-refractivity contribution is -0.122. The van der Waals surface area contributed by atoms with E-state index in [1.807, 2.05) is 62.4 Å². The number of hydrogen-bond acceptors (Lipinski definition) is 4. The highest BCUT2D eigenvalue weighted by molar-refractivity contribution is 8.18. The van der Waals surface area contributed by atoms with Crippen LogP contribution >= 0.6 is 23.4 Å². The van der Waals surface area contributed by atoms with Crippen LogP contribution in [0.15, 0.2) is 58.4 Å². The van der Waals surface area contributed by atoms with Gasteiger partial charge < -0.3 is 4.74 Å². The Hall–Kier alpha value is -2.24. The van der Waals surface area contributed by atoms with Crippen molar-refractivity contribution in [2.24, 2.45) is 4.99 Å². The van der Waals surface area contributed by atoms with Crippen LogP contribution in [-0.4, -0.2) is 29.1 Å². The van der Waals surface area contributed by atoms with Gasteiger partial charge in [0.1, 0.15) is 5.75 Å². The molecule has 2 aromatic rings. The summed E-state index contributed by atoms with van der Waals surface area (Å²) in [5, 5.41) is 1.20. The van der Waals surface area contributed by atoms with E-state index in [1.165, 1.54) is 11.8 Å². The van der Waals surface area contributed by atoms with E-state index in [2.05, 4.69) is 4.99 Å². The van der Waals surface area contributed by atoms with Crippen molar-refractivity contribution >= 4 is 46.2 Å². The average molecular weight is 387 g/mol. The largest absolute Gasteiger partial charge is 0.494 e. The summed E-state index contributed by atoms with van der Waals surface area (Å²) in [5.74, 6) is 0.772. The topological polar surface area (TPSA) is 41.9 Å². The van der Waals surface area contributed by atoms with E-state index in [0.29, 0.717) is 33.9 Å². The van der Waals surface area contributed by atoms with Gasteiger partial charge in [-0.15, -0.1) is 0 Å². The van der Waals surface area contributed by atoms with Crippen molar-refractivity contribution in [2.75, 3.05) is 13.2 Å². The number of hydrogen-bond donors (Lipinski definition) is 0. The Bertz CT molecular complexity index is 862. The lowest BCUT2D eigenvalue weighted by atomic mass is 10.2. The molecule has 0 unspecified atom stereocenters. The first-order chi connectivity index (χ1) is 12.6. The standard InChI is InChI=1S/C20H19ClN2O2S/c1-3-23-19(24)18(13-14-9-11-15(12-10-14)25-4-2)26-20(23)22-17-8-6-5-7-16(17)21/h5-13H,3-4H2,1-2H3/b18-13+,22-20?. The van der Waals surface area contributed by atoms with Gasteiger partial charge in [-0.1, -0.05) is 35.9 Å². The molecule has 1 heterocycles. The number of rotatable bonds is 5. The minimum Gasteiger partial charge on any atom is -0.494 e. The van der Waals surface area contributed by atoms with E-state index < -0.39 is 0 Å². The number of ether oxygens (including phenoxy) is 1. The number of nitrogens with zero attached hydrogens (tertiary/aromatic N) is 2. The van der Waals surface area contributed by atoms with Crippen LogP contribution < -0.4 is 4.74 Å². The molecule has 3 rings (SSSR count). The Labute approximate surface area is 162 Å². The summed E-state index contributed by atoms with van der Waals surface area (Å²) in [4.78, 5) is 19.6. The van der Waals surface area contributed by atoms with Crippen LogP contribution in [0.4, 0.5) is 5.69 Å². The number of halogens is 1. The zero-order chi connectivity index (χ0) is 18.5. The van der Waals surface area contributed by atoms with Crippen LogP contribution in [0.25, 0.3) is 6.08 Å². The smallest absolute Gasteiger partial charge is 0.266 e. The number of amides is 1. The number of likely N-dealkylation sites (N-methyl/N-ethyl adjacent to an activating group) is 1. The minimum absolute atomic E-state index is 0.0443. The van der Waals surface area contributed by atoms with Gasteiger partial charge in [0.25, 0.3) is 5.91 Å². The Morgan fingerprint density at radius 2 is 1.88 bits per heavy atom. The van der Waals surface area contributed by atoms with Gasteiger partial charge in [-0.3, -0.25) is 9.69 Å². The van der Waals surface area contributed by atoms with Crippen molar-refractivity contribution in [3.05, 3.63) is 64.0 Å². The van der Waals surface area contributed by atoms with Gasteiger partial charge in [0.15, 0.2) is 5.17 Å². The first-order valence-electron chi connectivity index (χ1n) is 8.40. The molecule has 4 nitrogen and oxygen atoms in total. The van der Waals surface area contributed by atoms with Crippen molar-refractivity contribution in [2.45, 2.75) is 13.8 Å². The van der Waals surface area contributed by atoms with Gasteiger partial charge in [-0.25, -0.2) is 4.99 Å². The lowest BCUT2D eigenvalue weighted by Gasteiger charge is -2.12. The van der Waals surface area contributed by atoms with E-state index in [1.54, 1.807) is 11.0 Å². The van der Waals surface area contributed by atoms with Crippen molar-refractivity contribution in [3.63, 3.8) is 0 Å². The predicted octanol–water partition coefficient (Wildman–Crippen LogP) is 5.36. The van der Waals surface area contributed by atoms with Crippen LogP contribution in [0.1, 0.15) is 19.4 Å². The van der Waals surface area contributed by atoms with Gasteiger partial charge in [0.2, 0.25) is 0 Å². The van der Waals surface area contributed by atoms with E-state index >= 15 is 0 Å². The highest BCUT2D eigenvalue weighted by Crippen LogP contribution is 2.35. The Morgan fingerprint density at radius 3 is 2.54 bits per heavy atom. The molecular formula is C20H19ClN2O2S. The Kier molecular flexibility index (Phi) is 6.01. The number of carbonyl (C=O) groups excluding carboxylic acids is 1. The molecule has 0 aliphatic carbocycles. The number of carbonyl (C=O) groups is 1.